The summed E-state index contributed by atoms with van der Waals surface area (Å²) in [6.07, 6.45) is 0.834. The summed E-state index contributed by atoms with van der Waals surface area (Å²) in [5.41, 5.74) is 4.25. The molecule has 0 fully saturated rings. The molecule has 0 bridgehead atoms. The van der Waals surface area contributed by atoms with E-state index in [4.69, 9.17) is 4.74 Å². The van der Waals surface area contributed by atoms with Crippen LogP contribution < -0.4 is 10.1 Å². The predicted octanol–water partition coefficient (Wildman–Crippen LogP) is 4.32. The van der Waals surface area contributed by atoms with E-state index in [-0.39, 0.29) is 24.5 Å². The van der Waals surface area contributed by atoms with Crippen molar-refractivity contribution in [3.05, 3.63) is 64.7 Å². The van der Waals surface area contributed by atoms with Gasteiger partial charge in [-0.15, -0.1) is 0 Å². The maximum absolute atomic E-state index is 13.1. The zero-order valence-corrected chi connectivity index (χ0v) is 19.0. The molecule has 2 aromatic carbocycles. The molecular formula is C25H34N2O3. The molecule has 0 aliphatic heterocycles. The Morgan fingerprint density at radius 3 is 2.23 bits per heavy atom. The molecule has 0 unspecified atom stereocenters. The van der Waals surface area contributed by atoms with Crippen LogP contribution in [-0.4, -0.2) is 35.4 Å². The van der Waals surface area contributed by atoms with Crippen LogP contribution in [0.5, 0.6) is 5.75 Å². The molecular weight excluding hydrogens is 376 g/mol. The second-order valence-corrected chi connectivity index (χ2v) is 8.06. The smallest absolute Gasteiger partial charge is 0.261 e. The summed E-state index contributed by atoms with van der Waals surface area (Å²) in [6.45, 7) is 12.0. The second kappa shape index (κ2) is 10.8. The Kier molecular flexibility index (Phi) is 8.46. The minimum Gasteiger partial charge on any atom is -0.483 e. The van der Waals surface area contributed by atoms with Crippen molar-refractivity contribution < 1.29 is 14.3 Å². The summed E-state index contributed by atoms with van der Waals surface area (Å²) >= 11 is 0. The van der Waals surface area contributed by atoms with Crippen LogP contribution in [0, 0.1) is 20.8 Å². The van der Waals surface area contributed by atoms with Crippen LogP contribution in [-0.2, 0) is 16.1 Å². The number of nitrogens with one attached hydrogen (secondary N) is 1. The minimum atomic E-state index is -0.601. The largest absolute Gasteiger partial charge is 0.483 e. The fourth-order valence-electron chi connectivity index (χ4n) is 3.12. The molecule has 0 saturated heterocycles. The Labute approximate surface area is 180 Å². The van der Waals surface area contributed by atoms with E-state index in [0.29, 0.717) is 12.3 Å². The lowest BCUT2D eigenvalue weighted by atomic mass is 10.1. The van der Waals surface area contributed by atoms with Gasteiger partial charge in [0.15, 0.2) is 6.61 Å². The molecule has 0 aliphatic carbocycles. The Hall–Kier alpha value is -2.82. The molecule has 0 aliphatic rings. The monoisotopic (exact) mass is 410 g/mol. The Balaban J connectivity index is 2.16. The van der Waals surface area contributed by atoms with Crippen molar-refractivity contribution in [3.63, 3.8) is 0 Å². The number of benzene rings is 2. The van der Waals surface area contributed by atoms with Gasteiger partial charge in [-0.3, -0.25) is 9.59 Å². The van der Waals surface area contributed by atoms with Crippen molar-refractivity contribution in [1.29, 1.82) is 0 Å². The van der Waals surface area contributed by atoms with Gasteiger partial charge in [-0.1, -0.05) is 54.4 Å². The van der Waals surface area contributed by atoms with Crippen LogP contribution in [0.15, 0.2) is 42.5 Å². The van der Waals surface area contributed by atoms with E-state index in [1.165, 1.54) is 0 Å². The Morgan fingerprint density at radius 1 is 1.00 bits per heavy atom. The highest BCUT2D eigenvalue weighted by Crippen LogP contribution is 2.19. The molecule has 2 atom stereocenters. The van der Waals surface area contributed by atoms with Crippen LogP contribution in [0.3, 0.4) is 0 Å². The molecule has 0 spiro atoms. The molecule has 1 N–H and O–H groups in total. The van der Waals surface area contributed by atoms with Crippen molar-refractivity contribution in [3.8, 4) is 5.75 Å². The van der Waals surface area contributed by atoms with Gasteiger partial charge in [-0.25, -0.2) is 0 Å². The summed E-state index contributed by atoms with van der Waals surface area (Å²) < 4.78 is 5.80. The molecule has 162 valence electrons. The van der Waals surface area contributed by atoms with Gasteiger partial charge in [0.2, 0.25) is 5.91 Å². The van der Waals surface area contributed by atoms with Crippen molar-refractivity contribution in [2.24, 2.45) is 0 Å². The molecule has 2 amide bonds. The van der Waals surface area contributed by atoms with E-state index in [2.05, 4.69) is 5.32 Å². The van der Waals surface area contributed by atoms with Gasteiger partial charge >= 0.3 is 0 Å². The van der Waals surface area contributed by atoms with E-state index in [0.717, 1.165) is 28.7 Å². The SMILES string of the molecule is CC[C@H](C)NC(=O)[C@H](C)N(Cc1ccc(C)cc1)C(=O)COc1ccc(C)cc1C. The fourth-order valence-corrected chi connectivity index (χ4v) is 3.12. The zero-order valence-electron chi connectivity index (χ0n) is 19.0. The molecule has 2 rings (SSSR count). The standard InChI is InChI=1S/C25H34N2O3/c1-7-20(5)26-25(29)21(6)27(15-22-11-8-17(2)9-12-22)24(28)16-30-23-13-10-18(3)14-19(23)4/h8-14,20-21H,7,15-16H2,1-6H3,(H,26,29)/t20-,21-/m0/s1. The third-order valence-corrected chi connectivity index (χ3v) is 5.32. The van der Waals surface area contributed by atoms with Crippen LogP contribution >= 0.6 is 0 Å². The quantitative estimate of drug-likeness (QED) is 0.670. The summed E-state index contributed by atoms with van der Waals surface area (Å²) in [7, 11) is 0. The summed E-state index contributed by atoms with van der Waals surface area (Å²) in [4.78, 5) is 27.4. The molecule has 0 radical (unpaired) electrons. The van der Waals surface area contributed by atoms with Crippen molar-refractivity contribution in [1.82, 2.24) is 10.2 Å². The van der Waals surface area contributed by atoms with Gasteiger partial charge in [0, 0.05) is 12.6 Å². The number of hydrogen-bond donors (Lipinski definition) is 1. The highest BCUT2D eigenvalue weighted by atomic mass is 16.5. The van der Waals surface area contributed by atoms with Gasteiger partial charge in [0.1, 0.15) is 11.8 Å². The third kappa shape index (κ3) is 6.61. The van der Waals surface area contributed by atoms with Gasteiger partial charge in [-0.2, -0.15) is 0 Å². The fraction of sp³-hybridized carbons (Fsp3) is 0.440. The van der Waals surface area contributed by atoms with E-state index in [9.17, 15) is 9.59 Å². The average Bonchev–Trinajstić information content (AvgIpc) is 2.71. The van der Waals surface area contributed by atoms with E-state index in [1.807, 2.05) is 77.1 Å². The summed E-state index contributed by atoms with van der Waals surface area (Å²) in [5, 5.41) is 2.98. The van der Waals surface area contributed by atoms with Gasteiger partial charge < -0.3 is 15.0 Å². The number of amides is 2. The zero-order chi connectivity index (χ0) is 22.3. The highest BCUT2D eigenvalue weighted by molar-refractivity contribution is 5.88. The predicted molar refractivity (Wildman–Crippen MR) is 120 cm³/mol. The molecule has 30 heavy (non-hydrogen) atoms. The molecule has 0 aromatic heterocycles. The number of nitrogens with zero attached hydrogens (tertiary/aromatic N) is 1. The first-order valence-corrected chi connectivity index (χ1v) is 10.6. The average molecular weight is 411 g/mol. The van der Waals surface area contributed by atoms with Crippen LogP contribution in [0.2, 0.25) is 0 Å². The lowest BCUT2D eigenvalue weighted by Crippen LogP contribution is -2.50. The maximum atomic E-state index is 13.1. The normalized spacial score (nSPS) is 12.7. The van der Waals surface area contributed by atoms with Crippen molar-refractivity contribution >= 4 is 11.8 Å². The molecule has 0 heterocycles. The molecule has 5 nitrogen and oxygen atoms in total. The second-order valence-electron chi connectivity index (χ2n) is 8.06. The number of hydrogen-bond acceptors (Lipinski definition) is 3. The highest BCUT2D eigenvalue weighted by Gasteiger charge is 2.27. The lowest BCUT2D eigenvalue weighted by molar-refractivity contribution is -0.142. The summed E-state index contributed by atoms with van der Waals surface area (Å²) in [6, 6.07) is 13.3. The van der Waals surface area contributed by atoms with Gasteiger partial charge in [0.05, 0.1) is 0 Å². The van der Waals surface area contributed by atoms with Crippen LogP contribution in [0.1, 0.15) is 49.4 Å². The Bertz CT molecular complexity index is 861. The first-order valence-electron chi connectivity index (χ1n) is 10.6. The molecule has 2 aromatic rings. The van der Waals surface area contributed by atoms with E-state index >= 15 is 0 Å². The topological polar surface area (TPSA) is 58.6 Å². The first-order chi connectivity index (χ1) is 14.2. The Morgan fingerprint density at radius 2 is 1.63 bits per heavy atom. The van der Waals surface area contributed by atoms with Gasteiger partial charge in [-0.05, 0) is 58.2 Å². The lowest BCUT2D eigenvalue weighted by Gasteiger charge is -2.29. The van der Waals surface area contributed by atoms with Crippen LogP contribution in [0.25, 0.3) is 0 Å². The van der Waals surface area contributed by atoms with Crippen molar-refractivity contribution in [2.75, 3.05) is 6.61 Å². The minimum absolute atomic E-state index is 0.0581. The molecule has 5 heteroatoms. The number of aryl methyl sites for hydroxylation is 3. The van der Waals surface area contributed by atoms with E-state index < -0.39 is 6.04 Å². The number of ether oxygens (including phenoxy) is 1. The van der Waals surface area contributed by atoms with E-state index in [1.54, 1.807) is 11.8 Å². The van der Waals surface area contributed by atoms with Crippen LogP contribution in [0.4, 0.5) is 0 Å². The van der Waals surface area contributed by atoms with Crippen molar-refractivity contribution in [2.45, 2.75) is 66.6 Å². The first kappa shape index (κ1) is 23.5. The number of carbonyl (C=O) groups is 2. The summed E-state index contributed by atoms with van der Waals surface area (Å²) in [5.74, 6) is 0.305. The molecule has 0 saturated carbocycles. The third-order valence-electron chi connectivity index (χ3n) is 5.32. The number of carbonyl (C=O) groups excluding carboxylic acids is 2. The maximum Gasteiger partial charge on any atom is 0.261 e. The number of rotatable bonds is 9. The van der Waals surface area contributed by atoms with Gasteiger partial charge in [0.25, 0.3) is 5.91 Å².